The first-order valence-electron chi connectivity index (χ1n) is 4.01. The van der Waals surface area contributed by atoms with Crippen LogP contribution in [-0.4, -0.2) is 27.5 Å². The molecule has 1 heterocycles. The van der Waals surface area contributed by atoms with Gasteiger partial charge < -0.3 is 10.5 Å². The van der Waals surface area contributed by atoms with E-state index in [1.165, 1.54) is 6.92 Å². The fourth-order valence-corrected chi connectivity index (χ4v) is 0.837. The molecule has 80 valence electrons. The molecule has 0 aliphatic heterocycles. The SMILES string of the molecule is CC(=O)Oc1cn(CCCN)nn1.Cl. The highest BCUT2D eigenvalue weighted by Gasteiger charge is 2.02. The van der Waals surface area contributed by atoms with Gasteiger partial charge in [-0.3, -0.25) is 4.79 Å². The molecule has 0 spiro atoms. The third-order valence-corrected chi connectivity index (χ3v) is 1.36. The summed E-state index contributed by atoms with van der Waals surface area (Å²) in [6.07, 6.45) is 2.39. The van der Waals surface area contributed by atoms with Crippen molar-refractivity contribution in [3.63, 3.8) is 0 Å². The van der Waals surface area contributed by atoms with Crippen molar-refractivity contribution in [2.45, 2.75) is 19.9 Å². The molecule has 0 amide bonds. The number of carbonyl (C=O) groups is 1. The third-order valence-electron chi connectivity index (χ3n) is 1.36. The van der Waals surface area contributed by atoms with Gasteiger partial charge in [0.05, 0.1) is 6.20 Å². The Morgan fingerprint density at radius 1 is 1.71 bits per heavy atom. The molecular formula is C7H13ClN4O2. The van der Waals surface area contributed by atoms with E-state index in [4.69, 9.17) is 10.5 Å². The molecule has 0 bridgehead atoms. The highest BCUT2D eigenvalue weighted by Crippen LogP contribution is 2.03. The van der Waals surface area contributed by atoms with E-state index in [0.29, 0.717) is 13.1 Å². The first-order valence-corrected chi connectivity index (χ1v) is 4.01. The second-order valence-corrected chi connectivity index (χ2v) is 2.56. The monoisotopic (exact) mass is 220 g/mol. The van der Waals surface area contributed by atoms with Gasteiger partial charge in [-0.05, 0) is 13.0 Å². The number of carbonyl (C=O) groups excluding carboxylic acids is 1. The summed E-state index contributed by atoms with van der Waals surface area (Å²) in [7, 11) is 0. The van der Waals surface area contributed by atoms with Crippen molar-refractivity contribution in [1.29, 1.82) is 0 Å². The van der Waals surface area contributed by atoms with Crippen molar-refractivity contribution < 1.29 is 9.53 Å². The molecule has 14 heavy (non-hydrogen) atoms. The number of esters is 1. The minimum absolute atomic E-state index is 0. The largest absolute Gasteiger partial charge is 0.404 e. The summed E-state index contributed by atoms with van der Waals surface area (Å²) < 4.78 is 6.30. The minimum Gasteiger partial charge on any atom is -0.404 e. The highest BCUT2D eigenvalue weighted by atomic mass is 35.5. The van der Waals surface area contributed by atoms with Gasteiger partial charge in [0.25, 0.3) is 5.88 Å². The van der Waals surface area contributed by atoms with Gasteiger partial charge in [-0.2, -0.15) is 0 Å². The van der Waals surface area contributed by atoms with Crippen molar-refractivity contribution in [3.05, 3.63) is 6.20 Å². The average Bonchev–Trinajstić information content (AvgIpc) is 2.48. The second-order valence-electron chi connectivity index (χ2n) is 2.56. The summed E-state index contributed by atoms with van der Waals surface area (Å²) in [5, 5.41) is 7.38. The van der Waals surface area contributed by atoms with Crippen molar-refractivity contribution >= 4 is 18.4 Å². The quantitative estimate of drug-likeness (QED) is 0.721. The molecule has 2 N–H and O–H groups in total. The van der Waals surface area contributed by atoms with Crippen molar-refractivity contribution in [1.82, 2.24) is 15.0 Å². The maximum absolute atomic E-state index is 10.5. The smallest absolute Gasteiger partial charge is 0.309 e. The second kappa shape index (κ2) is 6.33. The number of hydrogen-bond acceptors (Lipinski definition) is 5. The Balaban J connectivity index is 0.00000169. The Morgan fingerprint density at radius 2 is 2.43 bits per heavy atom. The lowest BCUT2D eigenvalue weighted by Gasteiger charge is -1.95. The van der Waals surface area contributed by atoms with E-state index in [0.717, 1.165) is 6.42 Å². The number of aryl methyl sites for hydroxylation is 1. The molecule has 0 saturated carbocycles. The number of halogens is 1. The Kier molecular flexibility index (Phi) is 5.82. The van der Waals surface area contributed by atoms with Crippen LogP contribution in [0.15, 0.2) is 6.20 Å². The van der Waals surface area contributed by atoms with Crippen LogP contribution in [0.3, 0.4) is 0 Å². The summed E-state index contributed by atoms with van der Waals surface area (Å²) >= 11 is 0. The van der Waals surface area contributed by atoms with Gasteiger partial charge in [0.15, 0.2) is 0 Å². The number of nitrogens with two attached hydrogens (primary N) is 1. The molecule has 1 aromatic heterocycles. The molecule has 0 aliphatic carbocycles. The Bertz CT molecular complexity index is 289. The van der Waals surface area contributed by atoms with Crippen LogP contribution in [0.5, 0.6) is 5.88 Å². The molecule has 0 radical (unpaired) electrons. The van der Waals surface area contributed by atoms with Crippen LogP contribution in [0.1, 0.15) is 13.3 Å². The maximum atomic E-state index is 10.5. The van der Waals surface area contributed by atoms with Gasteiger partial charge in [0, 0.05) is 13.5 Å². The minimum atomic E-state index is -0.397. The normalized spacial score (nSPS) is 9.29. The van der Waals surface area contributed by atoms with Gasteiger partial charge in [0.2, 0.25) is 0 Å². The standard InChI is InChI=1S/C7H12N4O2.ClH/c1-6(12)13-7-5-11(10-9-7)4-2-3-8;/h5H,2-4,8H2,1H3;1H. The van der Waals surface area contributed by atoms with Gasteiger partial charge >= 0.3 is 5.97 Å². The first kappa shape index (κ1) is 12.9. The number of hydrogen-bond donors (Lipinski definition) is 1. The molecule has 0 unspecified atom stereocenters. The first-order chi connectivity index (χ1) is 6.22. The van der Waals surface area contributed by atoms with Crippen LogP contribution in [0.2, 0.25) is 0 Å². The van der Waals surface area contributed by atoms with E-state index in [1.54, 1.807) is 10.9 Å². The van der Waals surface area contributed by atoms with Crippen LogP contribution in [-0.2, 0) is 11.3 Å². The summed E-state index contributed by atoms with van der Waals surface area (Å²) in [6.45, 7) is 2.60. The van der Waals surface area contributed by atoms with Crippen molar-refractivity contribution in [2.75, 3.05) is 6.54 Å². The topological polar surface area (TPSA) is 83.0 Å². The number of ether oxygens (including phenoxy) is 1. The molecule has 0 aromatic carbocycles. The summed E-state index contributed by atoms with van der Waals surface area (Å²) in [4.78, 5) is 10.5. The van der Waals surface area contributed by atoms with Crippen LogP contribution in [0, 0.1) is 0 Å². The molecule has 6 nitrogen and oxygen atoms in total. The van der Waals surface area contributed by atoms with Crippen LogP contribution < -0.4 is 10.5 Å². The predicted octanol–water partition coefficient (Wildman–Crippen LogP) is -0.0260. The van der Waals surface area contributed by atoms with E-state index < -0.39 is 5.97 Å². The van der Waals surface area contributed by atoms with Crippen molar-refractivity contribution in [2.24, 2.45) is 5.73 Å². The molecule has 0 saturated heterocycles. The molecule has 0 atom stereocenters. The summed E-state index contributed by atoms with van der Waals surface area (Å²) in [6, 6.07) is 0. The third kappa shape index (κ3) is 4.20. The van der Waals surface area contributed by atoms with Crippen LogP contribution in [0.4, 0.5) is 0 Å². The molecule has 7 heteroatoms. The van der Waals surface area contributed by atoms with Crippen LogP contribution >= 0.6 is 12.4 Å². The zero-order valence-corrected chi connectivity index (χ0v) is 8.66. The van der Waals surface area contributed by atoms with Crippen LogP contribution in [0.25, 0.3) is 0 Å². The molecule has 1 rings (SSSR count). The lowest BCUT2D eigenvalue weighted by atomic mass is 10.4. The molecular weight excluding hydrogens is 208 g/mol. The number of rotatable bonds is 4. The maximum Gasteiger partial charge on any atom is 0.309 e. The lowest BCUT2D eigenvalue weighted by Crippen LogP contribution is -2.06. The lowest BCUT2D eigenvalue weighted by molar-refractivity contribution is -0.132. The Hall–Kier alpha value is -1.14. The summed E-state index contributed by atoms with van der Waals surface area (Å²) in [5.41, 5.74) is 5.32. The van der Waals surface area contributed by atoms with E-state index in [9.17, 15) is 4.79 Å². The van der Waals surface area contributed by atoms with E-state index in [1.807, 2.05) is 0 Å². The van der Waals surface area contributed by atoms with Gasteiger partial charge in [-0.15, -0.1) is 12.4 Å². The highest BCUT2D eigenvalue weighted by molar-refractivity contribution is 5.85. The van der Waals surface area contributed by atoms with E-state index in [-0.39, 0.29) is 18.3 Å². The van der Waals surface area contributed by atoms with E-state index >= 15 is 0 Å². The zero-order valence-electron chi connectivity index (χ0n) is 7.84. The predicted molar refractivity (Wildman–Crippen MR) is 52.3 cm³/mol. The van der Waals surface area contributed by atoms with Gasteiger partial charge in [-0.1, -0.05) is 10.3 Å². The average molecular weight is 221 g/mol. The number of nitrogens with zero attached hydrogens (tertiary/aromatic N) is 3. The Labute approximate surface area is 87.8 Å². The number of aromatic nitrogens is 3. The fraction of sp³-hybridized carbons (Fsp3) is 0.571. The molecule has 0 fully saturated rings. The van der Waals surface area contributed by atoms with Gasteiger partial charge in [-0.25, -0.2) is 4.68 Å². The molecule has 0 aliphatic rings. The Morgan fingerprint density at radius 3 is 3.00 bits per heavy atom. The molecule has 1 aromatic rings. The fourth-order valence-electron chi connectivity index (χ4n) is 0.837. The zero-order chi connectivity index (χ0) is 9.68. The van der Waals surface area contributed by atoms with Crippen molar-refractivity contribution in [3.8, 4) is 5.88 Å². The van der Waals surface area contributed by atoms with E-state index in [2.05, 4.69) is 10.3 Å². The summed E-state index contributed by atoms with van der Waals surface area (Å²) in [5.74, 6) is -0.171. The van der Waals surface area contributed by atoms with Gasteiger partial charge in [0.1, 0.15) is 0 Å².